The third kappa shape index (κ3) is 5.64. The maximum atomic E-state index is 12.1. The van der Waals surface area contributed by atoms with Crippen LogP contribution in [0.4, 0.5) is 0 Å². The van der Waals surface area contributed by atoms with Crippen molar-refractivity contribution in [1.82, 2.24) is 5.32 Å². The van der Waals surface area contributed by atoms with Gasteiger partial charge >= 0.3 is 0 Å². The summed E-state index contributed by atoms with van der Waals surface area (Å²) in [5.74, 6) is 1.55. The number of aryl methyl sites for hydroxylation is 1. The highest BCUT2D eigenvalue weighted by Crippen LogP contribution is 2.20. The van der Waals surface area contributed by atoms with E-state index in [2.05, 4.69) is 24.4 Å². The van der Waals surface area contributed by atoms with Gasteiger partial charge in [0, 0.05) is 17.2 Å². The van der Waals surface area contributed by atoms with Crippen molar-refractivity contribution in [1.29, 1.82) is 0 Å². The Morgan fingerprint density at radius 3 is 2.57 bits per heavy atom. The summed E-state index contributed by atoms with van der Waals surface area (Å²) >= 11 is 1.73. The fraction of sp³-hybridized carbons (Fsp3) is 0.316. The van der Waals surface area contributed by atoms with E-state index in [1.807, 2.05) is 42.5 Å². The number of ether oxygens (including phenoxy) is 1. The Labute approximate surface area is 142 Å². The number of hydrogen-bond acceptors (Lipinski definition) is 3. The molecule has 1 N–H and O–H groups in total. The van der Waals surface area contributed by atoms with Gasteiger partial charge in [-0.05, 0) is 37.1 Å². The minimum atomic E-state index is -0.496. The van der Waals surface area contributed by atoms with Crippen molar-refractivity contribution in [3.8, 4) is 5.75 Å². The van der Waals surface area contributed by atoms with Crippen molar-refractivity contribution in [3.05, 3.63) is 60.2 Å². The first-order chi connectivity index (χ1) is 11.2. The molecule has 0 radical (unpaired) electrons. The lowest BCUT2D eigenvalue weighted by atomic mass is 10.1. The van der Waals surface area contributed by atoms with E-state index in [-0.39, 0.29) is 5.91 Å². The van der Waals surface area contributed by atoms with Gasteiger partial charge in [0.2, 0.25) is 0 Å². The lowest BCUT2D eigenvalue weighted by molar-refractivity contribution is -0.127. The van der Waals surface area contributed by atoms with Gasteiger partial charge in [0.05, 0.1) is 0 Å². The van der Waals surface area contributed by atoms with Gasteiger partial charge in [-0.25, -0.2) is 0 Å². The Morgan fingerprint density at radius 2 is 1.83 bits per heavy atom. The molecule has 1 unspecified atom stereocenters. The number of benzene rings is 2. The molecular weight excluding hydrogens is 306 g/mol. The van der Waals surface area contributed by atoms with E-state index in [9.17, 15) is 4.79 Å². The summed E-state index contributed by atoms with van der Waals surface area (Å²) in [5, 5.41) is 2.93. The standard InChI is InChI=1S/C19H23NO2S/c1-3-16-9-7-8-12-18(16)22-15(2)19(21)20-13-14-23-17-10-5-4-6-11-17/h4-12,15H,3,13-14H2,1-2H3,(H,20,21). The minimum Gasteiger partial charge on any atom is -0.481 e. The third-order valence-corrected chi connectivity index (χ3v) is 4.45. The van der Waals surface area contributed by atoms with E-state index in [0.29, 0.717) is 6.54 Å². The highest BCUT2D eigenvalue weighted by atomic mass is 32.2. The first-order valence-electron chi connectivity index (χ1n) is 7.91. The zero-order valence-corrected chi connectivity index (χ0v) is 14.4. The third-order valence-electron chi connectivity index (χ3n) is 3.44. The number of nitrogens with one attached hydrogen (secondary N) is 1. The van der Waals surface area contributed by atoms with Gasteiger partial charge in [-0.3, -0.25) is 4.79 Å². The summed E-state index contributed by atoms with van der Waals surface area (Å²) in [7, 11) is 0. The molecule has 0 aliphatic carbocycles. The van der Waals surface area contributed by atoms with Crippen LogP contribution < -0.4 is 10.1 Å². The Balaban J connectivity index is 1.74. The van der Waals surface area contributed by atoms with Crippen LogP contribution in [-0.4, -0.2) is 24.3 Å². The van der Waals surface area contributed by atoms with E-state index >= 15 is 0 Å². The van der Waals surface area contributed by atoms with Crippen molar-refractivity contribution < 1.29 is 9.53 Å². The Bertz CT molecular complexity index is 616. The molecule has 2 rings (SSSR count). The number of hydrogen-bond donors (Lipinski definition) is 1. The van der Waals surface area contributed by atoms with Gasteiger partial charge in [0.1, 0.15) is 5.75 Å². The van der Waals surface area contributed by atoms with Gasteiger partial charge in [-0.1, -0.05) is 43.3 Å². The van der Waals surface area contributed by atoms with Crippen LogP contribution in [-0.2, 0) is 11.2 Å². The monoisotopic (exact) mass is 329 g/mol. The van der Waals surface area contributed by atoms with Crippen molar-refractivity contribution in [2.24, 2.45) is 0 Å². The van der Waals surface area contributed by atoms with Gasteiger partial charge in [0.15, 0.2) is 6.10 Å². The zero-order chi connectivity index (χ0) is 16.5. The van der Waals surface area contributed by atoms with Crippen LogP contribution >= 0.6 is 11.8 Å². The van der Waals surface area contributed by atoms with E-state index < -0.39 is 6.10 Å². The molecule has 3 nitrogen and oxygen atoms in total. The number of carbonyl (C=O) groups excluding carboxylic acids is 1. The minimum absolute atomic E-state index is 0.0791. The molecule has 0 bridgehead atoms. The molecule has 122 valence electrons. The summed E-state index contributed by atoms with van der Waals surface area (Å²) in [6.45, 7) is 4.49. The first kappa shape index (κ1) is 17.4. The second kappa shape index (κ2) is 9.26. The number of amides is 1. The van der Waals surface area contributed by atoms with Crippen LogP contribution in [0.15, 0.2) is 59.5 Å². The Hall–Kier alpha value is -1.94. The fourth-order valence-corrected chi connectivity index (χ4v) is 2.95. The Kier molecular flexibility index (Phi) is 7.01. The van der Waals surface area contributed by atoms with Crippen LogP contribution in [0.1, 0.15) is 19.4 Å². The SMILES string of the molecule is CCc1ccccc1OC(C)C(=O)NCCSc1ccccc1. The van der Waals surface area contributed by atoms with Gasteiger partial charge in [-0.15, -0.1) is 11.8 Å². The largest absolute Gasteiger partial charge is 0.481 e. The summed E-state index contributed by atoms with van der Waals surface area (Å²) in [6.07, 6.45) is 0.391. The summed E-state index contributed by atoms with van der Waals surface area (Å²) in [5.41, 5.74) is 1.12. The lowest BCUT2D eigenvalue weighted by Crippen LogP contribution is -2.37. The maximum absolute atomic E-state index is 12.1. The average molecular weight is 329 g/mol. The van der Waals surface area contributed by atoms with Crippen LogP contribution in [0.3, 0.4) is 0 Å². The molecule has 0 aliphatic rings. The first-order valence-corrected chi connectivity index (χ1v) is 8.89. The van der Waals surface area contributed by atoms with Crippen LogP contribution in [0, 0.1) is 0 Å². The molecule has 2 aromatic carbocycles. The average Bonchev–Trinajstić information content (AvgIpc) is 2.60. The highest BCUT2D eigenvalue weighted by Gasteiger charge is 2.15. The van der Waals surface area contributed by atoms with Crippen molar-refractivity contribution in [2.75, 3.05) is 12.3 Å². The van der Waals surface area contributed by atoms with Crippen molar-refractivity contribution in [3.63, 3.8) is 0 Å². The molecule has 0 saturated heterocycles. The second-order valence-electron chi connectivity index (χ2n) is 5.17. The van der Waals surface area contributed by atoms with Gasteiger partial charge in [0.25, 0.3) is 5.91 Å². The van der Waals surface area contributed by atoms with Crippen molar-refractivity contribution in [2.45, 2.75) is 31.3 Å². The number of rotatable bonds is 8. The smallest absolute Gasteiger partial charge is 0.260 e. The summed E-state index contributed by atoms with van der Waals surface area (Å²) < 4.78 is 5.79. The van der Waals surface area contributed by atoms with Crippen LogP contribution in [0.5, 0.6) is 5.75 Å². The van der Waals surface area contributed by atoms with E-state index in [1.165, 1.54) is 4.90 Å². The quantitative estimate of drug-likeness (QED) is 0.589. The van der Waals surface area contributed by atoms with Gasteiger partial charge < -0.3 is 10.1 Å². The molecule has 4 heteroatoms. The number of thioether (sulfide) groups is 1. The van der Waals surface area contributed by atoms with E-state index in [4.69, 9.17) is 4.74 Å². The lowest BCUT2D eigenvalue weighted by Gasteiger charge is -2.16. The molecule has 1 atom stereocenters. The molecular formula is C19H23NO2S. The second-order valence-corrected chi connectivity index (χ2v) is 6.34. The zero-order valence-electron chi connectivity index (χ0n) is 13.6. The summed E-state index contributed by atoms with van der Waals surface area (Å²) in [4.78, 5) is 13.3. The topological polar surface area (TPSA) is 38.3 Å². The molecule has 0 aliphatic heterocycles. The van der Waals surface area contributed by atoms with E-state index in [1.54, 1.807) is 18.7 Å². The Morgan fingerprint density at radius 1 is 1.13 bits per heavy atom. The van der Waals surface area contributed by atoms with E-state index in [0.717, 1.165) is 23.5 Å². The highest BCUT2D eigenvalue weighted by molar-refractivity contribution is 7.99. The molecule has 0 heterocycles. The molecule has 0 fully saturated rings. The molecule has 0 saturated carbocycles. The normalized spacial score (nSPS) is 11.7. The number of carbonyl (C=O) groups is 1. The van der Waals surface area contributed by atoms with Crippen LogP contribution in [0.2, 0.25) is 0 Å². The maximum Gasteiger partial charge on any atom is 0.260 e. The fourth-order valence-electron chi connectivity index (χ4n) is 2.16. The predicted molar refractivity (Wildman–Crippen MR) is 96.1 cm³/mol. The molecule has 23 heavy (non-hydrogen) atoms. The van der Waals surface area contributed by atoms with Crippen molar-refractivity contribution >= 4 is 17.7 Å². The summed E-state index contributed by atoms with van der Waals surface area (Å²) in [6, 6.07) is 18.0. The molecule has 2 aromatic rings. The predicted octanol–water partition coefficient (Wildman–Crippen LogP) is 3.92. The number of para-hydroxylation sites is 1. The molecule has 0 aromatic heterocycles. The van der Waals surface area contributed by atoms with Crippen LogP contribution in [0.25, 0.3) is 0 Å². The molecule has 1 amide bonds. The molecule has 0 spiro atoms. The van der Waals surface area contributed by atoms with Gasteiger partial charge in [-0.2, -0.15) is 0 Å².